The van der Waals surface area contributed by atoms with Crippen molar-refractivity contribution < 1.29 is 4.79 Å². The van der Waals surface area contributed by atoms with E-state index in [0.29, 0.717) is 0 Å². The van der Waals surface area contributed by atoms with Gasteiger partial charge in [-0.1, -0.05) is 6.42 Å². The normalized spacial score (nSPS) is 20.6. The van der Waals surface area contributed by atoms with Gasteiger partial charge in [0.15, 0.2) is 0 Å². The molecule has 2 N–H and O–H groups in total. The second kappa shape index (κ2) is 3.90. The van der Waals surface area contributed by atoms with Crippen molar-refractivity contribution in [1.29, 1.82) is 0 Å². The number of carbonyl (C=O) groups is 1. The van der Waals surface area contributed by atoms with Gasteiger partial charge >= 0.3 is 0 Å². The van der Waals surface area contributed by atoms with Gasteiger partial charge in [0.25, 0.3) is 0 Å². The molecule has 1 aliphatic rings. The van der Waals surface area contributed by atoms with Crippen LogP contribution in [0.15, 0.2) is 0 Å². The summed E-state index contributed by atoms with van der Waals surface area (Å²) in [6, 6.07) is -0.120. The quantitative estimate of drug-likeness (QED) is 0.671. The smallest absolute Gasteiger partial charge is 0.234 e. The predicted octanol–water partition coefficient (Wildman–Crippen LogP) is 0.592. The van der Waals surface area contributed by atoms with E-state index in [0.717, 1.165) is 12.5 Å². The molecule has 1 aliphatic carbocycles. The molecule has 1 rings (SSSR count). The standard InChI is InChI=1S/C9H18N2O/c1-7(9(10)12)11(2)6-8-4-3-5-8/h7-8H,3-6H2,1-2H3,(H2,10,12). The first-order chi connectivity index (χ1) is 5.61. The van der Waals surface area contributed by atoms with Crippen LogP contribution in [0.3, 0.4) is 0 Å². The molecule has 1 atom stereocenters. The largest absolute Gasteiger partial charge is 0.368 e. The molecule has 70 valence electrons. The highest BCUT2D eigenvalue weighted by Gasteiger charge is 2.22. The molecule has 0 aromatic rings. The van der Waals surface area contributed by atoms with Gasteiger partial charge in [-0.25, -0.2) is 0 Å². The Morgan fingerprint density at radius 2 is 2.25 bits per heavy atom. The maximum Gasteiger partial charge on any atom is 0.234 e. The first kappa shape index (κ1) is 9.52. The molecule has 3 nitrogen and oxygen atoms in total. The second-order valence-corrected chi connectivity index (χ2v) is 3.81. The second-order valence-electron chi connectivity index (χ2n) is 3.81. The Morgan fingerprint density at radius 1 is 1.67 bits per heavy atom. The molecule has 0 saturated heterocycles. The van der Waals surface area contributed by atoms with Crippen LogP contribution in [0.25, 0.3) is 0 Å². The lowest BCUT2D eigenvalue weighted by atomic mass is 9.85. The Balaban J connectivity index is 2.25. The minimum Gasteiger partial charge on any atom is -0.368 e. The summed E-state index contributed by atoms with van der Waals surface area (Å²) in [5, 5.41) is 0. The average Bonchev–Trinajstić information content (AvgIpc) is 1.94. The Bertz CT molecular complexity index is 166. The summed E-state index contributed by atoms with van der Waals surface area (Å²) in [6.07, 6.45) is 3.98. The Labute approximate surface area is 73.9 Å². The number of carbonyl (C=O) groups excluding carboxylic acids is 1. The summed E-state index contributed by atoms with van der Waals surface area (Å²) < 4.78 is 0. The predicted molar refractivity (Wildman–Crippen MR) is 48.6 cm³/mol. The van der Waals surface area contributed by atoms with Gasteiger partial charge < -0.3 is 5.73 Å². The Kier molecular flexibility index (Phi) is 3.09. The minimum absolute atomic E-state index is 0.120. The van der Waals surface area contributed by atoms with Crippen molar-refractivity contribution in [1.82, 2.24) is 4.90 Å². The monoisotopic (exact) mass is 170 g/mol. The summed E-state index contributed by atoms with van der Waals surface area (Å²) >= 11 is 0. The zero-order chi connectivity index (χ0) is 9.14. The van der Waals surface area contributed by atoms with E-state index < -0.39 is 0 Å². The van der Waals surface area contributed by atoms with Crippen LogP contribution >= 0.6 is 0 Å². The van der Waals surface area contributed by atoms with Crippen molar-refractivity contribution in [2.45, 2.75) is 32.2 Å². The molecule has 1 saturated carbocycles. The molecule has 1 fully saturated rings. The lowest BCUT2D eigenvalue weighted by Crippen LogP contribution is -2.43. The van der Waals surface area contributed by atoms with E-state index in [-0.39, 0.29) is 11.9 Å². The number of rotatable bonds is 4. The number of likely N-dealkylation sites (N-methyl/N-ethyl adjacent to an activating group) is 1. The number of nitrogens with two attached hydrogens (primary N) is 1. The Morgan fingerprint density at radius 3 is 2.58 bits per heavy atom. The Hall–Kier alpha value is -0.570. The van der Waals surface area contributed by atoms with Crippen LogP contribution in [0.4, 0.5) is 0 Å². The zero-order valence-corrected chi connectivity index (χ0v) is 7.92. The highest BCUT2D eigenvalue weighted by Crippen LogP contribution is 2.27. The molecular weight excluding hydrogens is 152 g/mol. The third kappa shape index (κ3) is 2.21. The lowest BCUT2D eigenvalue weighted by molar-refractivity contribution is -0.122. The zero-order valence-electron chi connectivity index (χ0n) is 7.92. The lowest BCUT2D eigenvalue weighted by Gasteiger charge is -2.32. The summed E-state index contributed by atoms with van der Waals surface area (Å²) in [5.74, 6) is 0.577. The number of nitrogens with zero attached hydrogens (tertiary/aromatic N) is 1. The summed E-state index contributed by atoms with van der Waals surface area (Å²) in [4.78, 5) is 12.9. The van der Waals surface area contributed by atoms with Crippen LogP contribution in [-0.4, -0.2) is 30.4 Å². The number of hydrogen-bond acceptors (Lipinski definition) is 2. The molecule has 0 aromatic carbocycles. The number of hydrogen-bond donors (Lipinski definition) is 1. The van der Waals surface area contributed by atoms with Gasteiger partial charge in [0, 0.05) is 6.54 Å². The van der Waals surface area contributed by atoms with Gasteiger partial charge in [0.2, 0.25) is 5.91 Å². The molecule has 0 aromatic heterocycles. The van der Waals surface area contributed by atoms with Crippen molar-refractivity contribution in [3.63, 3.8) is 0 Å². The van der Waals surface area contributed by atoms with Gasteiger partial charge in [0.1, 0.15) is 0 Å². The van der Waals surface area contributed by atoms with Crippen LogP contribution < -0.4 is 5.73 Å². The van der Waals surface area contributed by atoms with E-state index in [4.69, 9.17) is 5.73 Å². The van der Waals surface area contributed by atoms with Gasteiger partial charge in [-0.15, -0.1) is 0 Å². The van der Waals surface area contributed by atoms with E-state index in [2.05, 4.69) is 0 Å². The average molecular weight is 170 g/mol. The summed E-state index contributed by atoms with van der Waals surface area (Å²) in [7, 11) is 1.97. The van der Waals surface area contributed by atoms with Crippen LogP contribution in [0.5, 0.6) is 0 Å². The fourth-order valence-corrected chi connectivity index (χ4v) is 1.46. The molecule has 3 heteroatoms. The van der Waals surface area contributed by atoms with E-state index >= 15 is 0 Å². The third-order valence-corrected chi connectivity index (χ3v) is 2.84. The maximum atomic E-state index is 10.8. The molecule has 12 heavy (non-hydrogen) atoms. The van der Waals surface area contributed by atoms with Crippen molar-refractivity contribution in [3.8, 4) is 0 Å². The number of amides is 1. The fourth-order valence-electron chi connectivity index (χ4n) is 1.46. The third-order valence-electron chi connectivity index (χ3n) is 2.84. The van der Waals surface area contributed by atoms with E-state index in [1.54, 1.807) is 0 Å². The van der Waals surface area contributed by atoms with Crippen LogP contribution in [-0.2, 0) is 4.79 Å². The maximum absolute atomic E-state index is 10.8. The van der Waals surface area contributed by atoms with Crippen LogP contribution in [0.1, 0.15) is 26.2 Å². The van der Waals surface area contributed by atoms with Crippen LogP contribution in [0, 0.1) is 5.92 Å². The van der Waals surface area contributed by atoms with E-state index in [9.17, 15) is 4.79 Å². The van der Waals surface area contributed by atoms with Gasteiger partial charge in [0.05, 0.1) is 6.04 Å². The topological polar surface area (TPSA) is 46.3 Å². The van der Waals surface area contributed by atoms with Gasteiger partial charge in [-0.3, -0.25) is 9.69 Å². The van der Waals surface area contributed by atoms with Gasteiger partial charge in [-0.2, -0.15) is 0 Å². The van der Waals surface area contributed by atoms with E-state index in [1.807, 2.05) is 18.9 Å². The molecular formula is C9H18N2O. The summed E-state index contributed by atoms with van der Waals surface area (Å²) in [6.45, 7) is 2.88. The van der Waals surface area contributed by atoms with Crippen molar-refractivity contribution in [2.24, 2.45) is 11.7 Å². The van der Waals surface area contributed by atoms with Gasteiger partial charge in [-0.05, 0) is 32.7 Å². The highest BCUT2D eigenvalue weighted by molar-refractivity contribution is 5.79. The molecule has 0 bridgehead atoms. The molecule has 1 unspecified atom stereocenters. The molecule has 0 aliphatic heterocycles. The molecule has 0 radical (unpaired) electrons. The highest BCUT2D eigenvalue weighted by atomic mass is 16.1. The minimum atomic E-state index is -0.225. The van der Waals surface area contributed by atoms with Crippen molar-refractivity contribution in [3.05, 3.63) is 0 Å². The first-order valence-corrected chi connectivity index (χ1v) is 4.61. The van der Waals surface area contributed by atoms with Crippen molar-refractivity contribution >= 4 is 5.91 Å². The van der Waals surface area contributed by atoms with Crippen molar-refractivity contribution in [2.75, 3.05) is 13.6 Å². The van der Waals surface area contributed by atoms with E-state index in [1.165, 1.54) is 19.3 Å². The molecule has 1 amide bonds. The fraction of sp³-hybridized carbons (Fsp3) is 0.889. The SMILES string of the molecule is CC(C(N)=O)N(C)CC1CCC1. The molecule has 0 spiro atoms. The number of primary amides is 1. The summed E-state index contributed by atoms with van der Waals surface area (Å²) in [5.41, 5.74) is 5.19. The first-order valence-electron chi connectivity index (χ1n) is 4.61. The molecule has 0 heterocycles. The van der Waals surface area contributed by atoms with Crippen LogP contribution in [0.2, 0.25) is 0 Å².